The molecule has 166 valence electrons. The first-order valence-electron chi connectivity index (χ1n) is 10.6. The van der Waals surface area contributed by atoms with Crippen molar-refractivity contribution in [3.8, 4) is 0 Å². The molecule has 1 saturated heterocycles. The average molecular weight is 406 g/mol. The van der Waals surface area contributed by atoms with Crippen molar-refractivity contribution in [2.75, 3.05) is 0 Å². The maximum absolute atomic E-state index is 12.1. The lowest BCUT2D eigenvalue weighted by Crippen LogP contribution is -2.67. The lowest BCUT2D eigenvalue weighted by atomic mass is 9.82. The van der Waals surface area contributed by atoms with Crippen molar-refractivity contribution >= 4 is 5.97 Å². The molecule has 8 heteroatoms. The molecule has 6 atom stereocenters. The molecule has 1 aliphatic heterocycles. The van der Waals surface area contributed by atoms with E-state index in [2.05, 4.69) is 11.8 Å². The summed E-state index contributed by atoms with van der Waals surface area (Å²) in [6.07, 6.45) is 5.46. The number of unbranched alkanes of at least 4 members (excludes halogenated alkanes) is 9. The van der Waals surface area contributed by atoms with Crippen LogP contribution in [0.25, 0.3) is 0 Å². The van der Waals surface area contributed by atoms with Gasteiger partial charge in [-0.3, -0.25) is 0 Å². The normalized spacial score (nSPS) is 31.5. The number of aliphatic hydroxyl groups is 4. The molecule has 0 bridgehead atoms. The van der Waals surface area contributed by atoms with Crippen molar-refractivity contribution in [3.05, 3.63) is 0 Å². The minimum atomic E-state index is -2.37. The van der Waals surface area contributed by atoms with Gasteiger partial charge in [-0.25, -0.2) is 4.79 Å². The summed E-state index contributed by atoms with van der Waals surface area (Å²) < 4.78 is 5.34. The number of hydrogen-bond donors (Lipinski definition) is 5. The van der Waals surface area contributed by atoms with Crippen molar-refractivity contribution in [1.82, 2.24) is 0 Å². The highest BCUT2D eigenvalue weighted by molar-refractivity contribution is 5.73. The van der Waals surface area contributed by atoms with Crippen molar-refractivity contribution in [2.24, 2.45) is 11.8 Å². The van der Waals surface area contributed by atoms with E-state index < -0.39 is 42.1 Å². The number of hydrogen-bond acceptors (Lipinski definition) is 8. The monoisotopic (exact) mass is 405 g/mol. The standard InChI is InChI=1S/C20H39NO7/c1-3-4-5-6-7-8-9-10-11-12-13-15(19(25)28-21)20(26)18(24)17(23)16(22)14(2)27-20/h14-18,22-24,26H,3-13,21H2,1-2H3/t14-,15?,16-,17+,18-,20+/m1/s1. The molecule has 0 aromatic rings. The Labute approximate surface area is 168 Å². The minimum absolute atomic E-state index is 0.190. The molecule has 0 aromatic carbocycles. The van der Waals surface area contributed by atoms with Gasteiger partial charge in [0.2, 0.25) is 5.79 Å². The Balaban J connectivity index is 2.48. The van der Waals surface area contributed by atoms with E-state index in [1.54, 1.807) is 0 Å². The highest BCUT2D eigenvalue weighted by Crippen LogP contribution is 2.37. The third-order valence-electron chi connectivity index (χ3n) is 5.70. The number of carbonyl (C=O) groups is 1. The fourth-order valence-corrected chi connectivity index (χ4v) is 3.85. The first-order chi connectivity index (χ1) is 13.3. The van der Waals surface area contributed by atoms with Crippen LogP contribution in [0.3, 0.4) is 0 Å². The second-order valence-electron chi connectivity index (χ2n) is 7.96. The van der Waals surface area contributed by atoms with Gasteiger partial charge in [0.15, 0.2) is 0 Å². The van der Waals surface area contributed by atoms with E-state index in [1.165, 1.54) is 45.4 Å². The zero-order valence-corrected chi connectivity index (χ0v) is 17.3. The fraction of sp³-hybridized carbons (Fsp3) is 0.950. The Kier molecular flexibility index (Phi) is 11.5. The van der Waals surface area contributed by atoms with Crippen molar-refractivity contribution < 1.29 is 34.8 Å². The molecule has 28 heavy (non-hydrogen) atoms. The summed E-state index contributed by atoms with van der Waals surface area (Å²) in [5, 5.41) is 40.8. The zero-order chi connectivity index (χ0) is 21.2. The molecule has 1 rings (SSSR count). The summed E-state index contributed by atoms with van der Waals surface area (Å²) in [5.74, 6) is 0.442. The summed E-state index contributed by atoms with van der Waals surface area (Å²) in [6.45, 7) is 3.64. The van der Waals surface area contributed by atoms with E-state index in [0.29, 0.717) is 6.42 Å². The molecule has 0 amide bonds. The topological polar surface area (TPSA) is 142 Å². The maximum Gasteiger partial charge on any atom is 0.333 e. The van der Waals surface area contributed by atoms with Gasteiger partial charge >= 0.3 is 5.97 Å². The molecular formula is C20H39NO7. The highest BCUT2D eigenvalue weighted by atomic mass is 16.7. The molecule has 0 radical (unpaired) electrons. The maximum atomic E-state index is 12.1. The minimum Gasteiger partial charge on any atom is -0.388 e. The van der Waals surface area contributed by atoms with Gasteiger partial charge < -0.3 is 30.0 Å². The van der Waals surface area contributed by atoms with Crippen LogP contribution < -0.4 is 5.90 Å². The van der Waals surface area contributed by atoms with Gasteiger partial charge in [-0.05, 0) is 13.3 Å². The molecular weight excluding hydrogens is 366 g/mol. The van der Waals surface area contributed by atoms with Crippen LogP contribution in [-0.2, 0) is 14.4 Å². The van der Waals surface area contributed by atoms with Crippen LogP contribution in [-0.4, -0.2) is 56.6 Å². The smallest absolute Gasteiger partial charge is 0.333 e. The van der Waals surface area contributed by atoms with Crippen LogP contribution in [0.5, 0.6) is 0 Å². The summed E-state index contributed by atoms with van der Waals surface area (Å²) in [7, 11) is 0. The van der Waals surface area contributed by atoms with Crippen LogP contribution in [0.1, 0.15) is 84.5 Å². The summed E-state index contributed by atoms with van der Waals surface area (Å²) in [6, 6.07) is 0. The van der Waals surface area contributed by atoms with Gasteiger partial charge in [-0.1, -0.05) is 71.1 Å². The lowest BCUT2D eigenvalue weighted by Gasteiger charge is -2.47. The van der Waals surface area contributed by atoms with Crippen LogP contribution in [0.2, 0.25) is 0 Å². The Hall–Kier alpha value is -0.770. The number of nitrogens with two attached hydrogens (primary N) is 1. The quantitative estimate of drug-likeness (QED) is 0.229. The number of rotatable bonds is 13. The summed E-state index contributed by atoms with van der Waals surface area (Å²) in [4.78, 5) is 16.4. The molecule has 1 unspecified atom stereocenters. The predicted octanol–water partition coefficient (Wildman–Crippen LogP) is 1.52. The van der Waals surface area contributed by atoms with Crippen molar-refractivity contribution in [1.29, 1.82) is 0 Å². The fourth-order valence-electron chi connectivity index (χ4n) is 3.85. The lowest BCUT2D eigenvalue weighted by molar-refractivity contribution is -0.360. The van der Waals surface area contributed by atoms with E-state index in [-0.39, 0.29) is 6.42 Å². The van der Waals surface area contributed by atoms with Gasteiger partial charge in [0, 0.05) is 0 Å². The number of carbonyl (C=O) groups excluding carboxylic acids is 1. The summed E-state index contributed by atoms with van der Waals surface area (Å²) in [5.41, 5.74) is 0. The Morgan fingerprint density at radius 1 is 1.00 bits per heavy atom. The van der Waals surface area contributed by atoms with Crippen LogP contribution in [0.15, 0.2) is 0 Å². The zero-order valence-electron chi connectivity index (χ0n) is 17.3. The van der Waals surface area contributed by atoms with E-state index in [0.717, 1.165) is 19.3 Å². The van der Waals surface area contributed by atoms with Gasteiger partial charge in [0.05, 0.1) is 6.10 Å². The largest absolute Gasteiger partial charge is 0.388 e. The second kappa shape index (κ2) is 12.7. The molecule has 8 nitrogen and oxygen atoms in total. The Bertz CT molecular complexity index is 450. The highest BCUT2D eigenvalue weighted by Gasteiger charge is 2.57. The molecule has 0 aliphatic carbocycles. The van der Waals surface area contributed by atoms with Gasteiger partial charge in [0.1, 0.15) is 24.2 Å². The molecule has 1 aliphatic rings. The van der Waals surface area contributed by atoms with Crippen LogP contribution in [0.4, 0.5) is 0 Å². The average Bonchev–Trinajstić information content (AvgIpc) is 2.68. The first-order valence-corrected chi connectivity index (χ1v) is 10.6. The van der Waals surface area contributed by atoms with E-state index >= 15 is 0 Å². The molecule has 0 aromatic heterocycles. The summed E-state index contributed by atoms with van der Waals surface area (Å²) >= 11 is 0. The van der Waals surface area contributed by atoms with Crippen molar-refractivity contribution in [3.63, 3.8) is 0 Å². The molecule has 1 heterocycles. The molecule has 6 N–H and O–H groups in total. The number of aliphatic hydroxyl groups excluding tert-OH is 3. The first kappa shape index (κ1) is 25.3. The van der Waals surface area contributed by atoms with Gasteiger partial charge in [-0.2, -0.15) is 5.90 Å². The van der Waals surface area contributed by atoms with Crippen LogP contribution >= 0.6 is 0 Å². The molecule has 0 spiro atoms. The van der Waals surface area contributed by atoms with Crippen molar-refractivity contribution in [2.45, 2.75) is 115 Å². The van der Waals surface area contributed by atoms with Crippen LogP contribution in [0, 0.1) is 5.92 Å². The third-order valence-corrected chi connectivity index (χ3v) is 5.70. The Morgan fingerprint density at radius 3 is 2.00 bits per heavy atom. The predicted molar refractivity (Wildman–Crippen MR) is 104 cm³/mol. The van der Waals surface area contributed by atoms with E-state index in [4.69, 9.17) is 10.6 Å². The Morgan fingerprint density at radius 2 is 1.50 bits per heavy atom. The third kappa shape index (κ3) is 6.93. The van der Waals surface area contributed by atoms with E-state index in [1.807, 2.05) is 0 Å². The molecule has 0 saturated carbocycles. The van der Waals surface area contributed by atoms with Gasteiger partial charge in [0.25, 0.3) is 0 Å². The van der Waals surface area contributed by atoms with E-state index in [9.17, 15) is 25.2 Å². The molecule has 1 fully saturated rings. The SMILES string of the molecule is CCCCCCCCCCCCC(C(=O)ON)[C@]1(O)O[C@H](C)[C@@H](O)[C@H](O)[C@H]1O. The number of ether oxygens (including phenoxy) is 1. The second-order valence-corrected chi connectivity index (χ2v) is 7.96. The van der Waals surface area contributed by atoms with Gasteiger partial charge in [-0.15, -0.1) is 0 Å².